The molecule has 5 nitrogen and oxygen atoms in total. The Balaban J connectivity index is 1.88. The highest BCUT2D eigenvalue weighted by molar-refractivity contribution is 5.69. The Morgan fingerprint density at radius 1 is 1.35 bits per heavy atom. The first-order valence-electron chi connectivity index (χ1n) is 8.29. The van der Waals surface area contributed by atoms with Gasteiger partial charge in [-0.1, -0.05) is 13.5 Å². The lowest BCUT2D eigenvalue weighted by atomic mass is 9.85. The van der Waals surface area contributed by atoms with E-state index in [9.17, 15) is 9.18 Å². The number of nitrogens with zero attached hydrogens (tertiary/aromatic N) is 1. The zero-order chi connectivity index (χ0) is 16.8. The standard InChI is InChI=1S/C17H25FN2O3/c1-4-14(18)16-11(3)19-17(20-16)23-13-8-6-12(7-9-13)10-15(21)22-5-2/h12-13H,3-10H2,1-2H3,(H,19,20)/b16-14-/t12-,13-. The minimum Gasteiger partial charge on any atom is -0.466 e. The molecule has 0 unspecified atom stereocenters. The van der Waals surface area contributed by atoms with Crippen LogP contribution in [0.4, 0.5) is 4.39 Å². The number of ether oxygens (including phenoxy) is 2. The van der Waals surface area contributed by atoms with E-state index in [1.165, 1.54) is 0 Å². The Kier molecular flexibility index (Phi) is 6.19. The van der Waals surface area contributed by atoms with Crippen LogP contribution in [0.2, 0.25) is 0 Å². The number of esters is 1. The lowest BCUT2D eigenvalue weighted by Gasteiger charge is -2.27. The molecule has 1 saturated carbocycles. The molecule has 1 aromatic heterocycles. The van der Waals surface area contributed by atoms with Crippen LogP contribution in [0.25, 0.3) is 12.4 Å². The van der Waals surface area contributed by atoms with E-state index in [-0.39, 0.29) is 29.7 Å². The van der Waals surface area contributed by atoms with Crippen molar-refractivity contribution in [1.29, 1.82) is 0 Å². The van der Waals surface area contributed by atoms with Gasteiger partial charge < -0.3 is 14.5 Å². The number of nitrogens with one attached hydrogen (secondary N) is 1. The van der Waals surface area contributed by atoms with Gasteiger partial charge >= 0.3 is 5.97 Å². The summed E-state index contributed by atoms with van der Waals surface area (Å²) in [5.74, 6) is -0.0607. The minimum absolute atomic E-state index is 0.0385. The van der Waals surface area contributed by atoms with E-state index in [0.29, 0.717) is 30.3 Å². The van der Waals surface area contributed by atoms with Crippen LogP contribution < -0.4 is 15.4 Å². The molecule has 0 saturated heterocycles. The maximum Gasteiger partial charge on any atom is 0.306 e. The Bertz CT molecular complexity index is 633. The summed E-state index contributed by atoms with van der Waals surface area (Å²) in [5.41, 5.74) is 0. The normalized spacial score (nSPS) is 22.6. The van der Waals surface area contributed by atoms with Crippen LogP contribution in [0.1, 0.15) is 52.4 Å². The van der Waals surface area contributed by atoms with Gasteiger partial charge in [-0.25, -0.2) is 4.39 Å². The average Bonchev–Trinajstić information content (AvgIpc) is 2.89. The number of aromatic nitrogens is 2. The van der Waals surface area contributed by atoms with Gasteiger partial charge in [0, 0.05) is 6.42 Å². The fourth-order valence-electron chi connectivity index (χ4n) is 2.90. The minimum atomic E-state index is -0.292. The second-order valence-corrected chi connectivity index (χ2v) is 5.90. The summed E-state index contributed by atoms with van der Waals surface area (Å²) >= 11 is 0. The number of hydrogen-bond acceptors (Lipinski definition) is 4. The number of carbonyl (C=O) groups is 1. The molecule has 0 bridgehead atoms. The van der Waals surface area contributed by atoms with Gasteiger partial charge in [-0.3, -0.25) is 4.79 Å². The monoisotopic (exact) mass is 324 g/mol. The van der Waals surface area contributed by atoms with E-state index in [1.807, 2.05) is 6.92 Å². The highest BCUT2D eigenvalue weighted by atomic mass is 19.1. The van der Waals surface area contributed by atoms with Gasteiger partial charge in [0.1, 0.15) is 17.3 Å². The zero-order valence-corrected chi connectivity index (χ0v) is 13.9. The molecular formula is C17H25FN2O3. The van der Waals surface area contributed by atoms with E-state index in [2.05, 4.69) is 16.5 Å². The summed E-state index contributed by atoms with van der Waals surface area (Å²) in [5, 5.41) is 0.689. The lowest BCUT2D eigenvalue weighted by Crippen LogP contribution is -2.26. The van der Waals surface area contributed by atoms with Crippen molar-refractivity contribution >= 4 is 18.4 Å². The van der Waals surface area contributed by atoms with Gasteiger partial charge in [0.25, 0.3) is 6.01 Å². The molecule has 6 heteroatoms. The molecule has 1 aromatic rings. The molecule has 0 aliphatic heterocycles. The molecule has 128 valence electrons. The van der Waals surface area contributed by atoms with E-state index in [4.69, 9.17) is 9.47 Å². The van der Waals surface area contributed by atoms with Crippen LogP contribution >= 0.6 is 0 Å². The molecule has 1 N–H and O–H groups in total. The van der Waals surface area contributed by atoms with Gasteiger partial charge in [0.15, 0.2) is 0 Å². The van der Waals surface area contributed by atoms with Crippen molar-refractivity contribution in [2.45, 2.75) is 58.5 Å². The summed E-state index contributed by atoms with van der Waals surface area (Å²) in [6.45, 7) is 7.73. The molecule has 1 fully saturated rings. The Labute approximate surface area is 135 Å². The summed E-state index contributed by atoms with van der Waals surface area (Å²) < 4.78 is 24.4. The Morgan fingerprint density at radius 3 is 2.65 bits per heavy atom. The quantitative estimate of drug-likeness (QED) is 0.815. The predicted molar refractivity (Wildman–Crippen MR) is 85.8 cm³/mol. The highest BCUT2D eigenvalue weighted by Gasteiger charge is 2.25. The first kappa shape index (κ1) is 17.5. The second kappa shape index (κ2) is 8.13. The number of imidazole rings is 1. The molecule has 1 heterocycles. The Hall–Kier alpha value is -1.85. The van der Waals surface area contributed by atoms with Gasteiger partial charge in [-0.05, 0) is 44.9 Å². The van der Waals surface area contributed by atoms with E-state index < -0.39 is 0 Å². The average molecular weight is 324 g/mol. The van der Waals surface area contributed by atoms with Gasteiger partial charge in [0.05, 0.1) is 12.0 Å². The summed E-state index contributed by atoms with van der Waals surface area (Å²) in [6, 6.07) is 0.322. The highest BCUT2D eigenvalue weighted by Crippen LogP contribution is 2.28. The van der Waals surface area contributed by atoms with Crippen molar-refractivity contribution in [2.75, 3.05) is 6.61 Å². The van der Waals surface area contributed by atoms with E-state index >= 15 is 0 Å². The topological polar surface area (TPSA) is 64.2 Å². The first-order chi connectivity index (χ1) is 11.0. The smallest absolute Gasteiger partial charge is 0.306 e. The van der Waals surface area contributed by atoms with Crippen LogP contribution in [-0.4, -0.2) is 28.6 Å². The van der Waals surface area contributed by atoms with E-state index in [0.717, 1.165) is 25.7 Å². The van der Waals surface area contributed by atoms with Crippen LogP contribution in [0.15, 0.2) is 0 Å². The van der Waals surface area contributed by atoms with Crippen LogP contribution in [0.5, 0.6) is 6.01 Å². The Morgan fingerprint density at radius 2 is 2.04 bits per heavy atom. The SMILES string of the molecule is C=c1[nH]c(O[C@H]2CC[C@H](CC(=O)OCC)CC2)n/c1=C(\F)CC. The number of H-pyrrole nitrogens is 1. The van der Waals surface area contributed by atoms with Crippen molar-refractivity contribution in [3.63, 3.8) is 0 Å². The molecule has 0 aromatic carbocycles. The van der Waals surface area contributed by atoms with Crippen LogP contribution in [-0.2, 0) is 9.53 Å². The molecule has 1 aliphatic carbocycles. The molecule has 23 heavy (non-hydrogen) atoms. The molecule has 0 amide bonds. The fraction of sp³-hybridized carbons (Fsp3) is 0.647. The fourth-order valence-corrected chi connectivity index (χ4v) is 2.90. The number of carbonyl (C=O) groups excluding carboxylic acids is 1. The maximum atomic E-state index is 13.6. The molecule has 2 rings (SSSR count). The van der Waals surface area contributed by atoms with Crippen molar-refractivity contribution in [3.8, 4) is 6.01 Å². The largest absolute Gasteiger partial charge is 0.466 e. The third-order valence-electron chi connectivity index (χ3n) is 4.16. The number of aromatic amines is 1. The van der Waals surface area contributed by atoms with Gasteiger partial charge in [0.2, 0.25) is 0 Å². The van der Waals surface area contributed by atoms with Crippen molar-refractivity contribution in [3.05, 3.63) is 10.7 Å². The van der Waals surface area contributed by atoms with Crippen molar-refractivity contribution in [1.82, 2.24) is 9.97 Å². The number of rotatable bonds is 6. The molecular weight excluding hydrogens is 299 g/mol. The molecule has 0 spiro atoms. The van der Waals surface area contributed by atoms with Crippen LogP contribution in [0, 0.1) is 5.92 Å². The van der Waals surface area contributed by atoms with Crippen LogP contribution in [0.3, 0.4) is 0 Å². The molecule has 1 aliphatic rings. The zero-order valence-electron chi connectivity index (χ0n) is 13.9. The lowest BCUT2D eigenvalue weighted by molar-refractivity contribution is -0.144. The molecule has 0 radical (unpaired) electrons. The molecule has 0 atom stereocenters. The van der Waals surface area contributed by atoms with E-state index in [1.54, 1.807) is 6.92 Å². The van der Waals surface area contributed by atoms with Crippen molar-refractivity contribution in [2.24, 2.45) is 5.92 Å². The summed E-state index contributed by atoms with van der Waals surface area (Å²) in [7, 11) is 0. The predicted octanol–water partition coefficient (Wildman–Crippen LogP) is 2.20. The summed E-state index contributed by atoms with van der Waals surface area (Å²) in [4.78, 5) is 18.5. The summed E-state index contributed by atoms with van der Waals surface area (Å²) in [6.07, 6.45) is 4.35. The number of halogens is 1. The first-order valence-corrected chi connectivity index (χ1v) is 8.29. The van der Waals surface area contributed by atoms with Crippen molar-refractivity contribution < 1.29 is 18.7 Å². The second-order valence-electron chi connectivity index (χ2n) is 5.90. The van der Waals surface area contributed by atoms with Gasteiger partial charge in [-0.15, -0.1) is 0 Å². The maximum absolute atomic E-state index is 13.6. The third-order valence-corrected chi connectivity index (χ3v) is 4.16. The number of hydrogen-bond donors (Lipinski definition) is 1. The third kappa shape index (κ3) is 4.81. The van der Waals surface area contributed by atoms with Gasteiger partial charge in [-0.2, -0.15) is 4.98 Å².